The number of nitrogens with zero attached hydrogens (tertiary/aromatic N) is 4. The number of aromatic nitrogens is 2. The minimum Gasteiger partial charge on any atom is -0.369 e. The summed E-state index contributed by atoms with van der Waals surface area (Å²) < 4.78 is 14.7. The molecule has 190 valence electrons. The molecule has 36 heavy (non-hydrogen) atoms. The molecule has 1 aromatic heterocycles. The Morgan fingerprint density at radius 2 is 1.97 bits per heavy atom. The predicted molar refractivity (Wildman–Crippen MR) is 133 cm³/mol. The summed E-state index contributed by atoms with van der Waals surface area (Å²) in [7, 11) is 2.11. The van der Waals surface area contributed by atoms with Crippen LogP contribution in [0.1, 0.15) is 18.4 Å². The average Bonchev–Trinajstić information content (AvgIpc) is 3.39. The van der Waals surface area contributed by atoms with Gasteiger partial charge in [0, 0.05) is 55.6 Å². The second kappa shape index (κ2) is 8.88. The Labute approximate surface area is 208 Å². The number of primary amides is 1. The Kier molecular flexibility index (Phi) is 5.66. The average molecular weight is 495 g/mol. The lowest BCUT2D eigenvalue weighted by Gasteiger charge is -2.36. The minimum absolute atomic E-state index is 0.0210. The second-order valence-corrected chi connectivity index (χ2v) is 10.5. The zero-order chi connectivity index (χ0) is 25.0. The second-order valence-electron chi connectivity index (χ2n) is 10.5. The molecule has 1 aromatic carbocycles. The van der Waals surface area contributed by atoms with Crippen molar-refractivity contribution in [3.63, 3.8) is 0 Å². The molecular formula is C25H31FN8O2. The molecular weight excluding hydrogens is 463 g/mol. The third kappa shape index (κ3) is 4.11. The zero-order valence-corrected chi connectivity index (χ0v) is 20.2. The maximum Gasteiger partial charge on any atom is 0.229 e. The monoisotopic (exact) mass is 494 g/mol. The zero-order valence-electron chi connectivity index (χ0n) is 20.2. The maximum absolute atomic E-state index is 14.7. The molecule has 1 saturated heterocycles. The van der Waals surface area contributed by atoms with Gasteiger partial charge in [0.2, 0.25) is 17.8 Å². The Bertz CT molecular complexity index is 1200. The van der Waals surface area contributed by atoms with Crippen molar-refractivity contribution in [3.05, 3.63) is 35.8 Å². The Morgan fingerprint density at radius 1 is 1.17 bits per heavy atom. The van der Waals surface area contributed by atoms with Gasteiger partial charge in [0.1, 0.15) is 0 Å². The molecule has 2 aliphatic heterocycles. The number of nitrogens with one attached hydrogen (secondary N) is 3. The van der Waals surface area contributed by atoms with E-state index in [4.69, 9.17) is 5.73 Å². The van der Waals surface area contributed by atoms with Crippen LogP contribution in [0.4, 0.5) is 27.5 Å². The third-order valence-electron chi connectivity index (χ3n) is 8.26. The van der Waals surface area contributed by atoms with Crippen LogP contribution in [0.3, 0.4) is 0 Å². The highest BCUT2D eigenvalue weighted by Gasteiger charge is 2.55. The van der Waals surface area contributed by atoms with Gasteiger partial charge in [-0.2, -0.15) is 4.98 Å². The topological polar surface area (TPSA) is 129 Å². The highest BCUT2D eigenvalue weighted by Crippen LogP contribution is 2.49. The van der Waals surface area contributed by atoms with Gasteiger partial charge in [-0.05, 0) is 49.6 Å². The van der Waals surface area contributed by atoms with Gasteiger partial charge in [0.25, 0.3) is 0 Å². The molecule has 3 heterocycles. The number of rotatable bonds is 2. The summed E-state index contributed by atoms with van der Waals surface area (Å²) in [4.78, 5) is 38.7. The van der Waals surface area contributed by atoms with Crippen molar-refractivity contribution >= 4 is 35.0 Å². The van der Waals surface area contributed by atoms with E-state index < -0.39 is 23.7 Å². The van der Waals surface area contributed by atoms with E-state index in [1.54, 1.807) is 0 Å². The van der Waals surface area contributed by atoms with E-state index in [1.165, 1.54) is 0 Å². The van der Waals surface area contributed by atoms with Crippen molar-refractivity contribution in [3.8, 4) is 0 Å². The molecule has 5 atom stereocenters. The quantitative estimate of drug-likeness (QED) is 0.488. The highest BCUT2D eigenvalue weighted by atomic mass is 19.1. The molecule has 6 rings (SSSR count). The van der Waals surface area contributed by atoms with Crippen LogP contribution in [-0.2, 0) is 16.0 Å². The lowest BCUT2D eigenvalue weighted by Crippen LogP contribution is -2.52. The number of fused-ring (bicyclic) bond motifs is 5. The van der Waals surface area contributed by atoms with E-state index in [1.807, 2.05) is 18.2 Å². The van der Waals surface area contributed by atoms with Crippen LogP contribution in [0.2, 0.25) is 0 Å². The van der Waals surface area contributed by atoms with Crippen molar-refractivity contribution in [2.24, 2.45) is 23.5 Å². The molecule has 4 aliphatic rings. The third-order valence-corrected chi connectivity index (χ3v) is 8.26. The van der Waals surface area contributed by atoms with Crippen molar-refractivity contribution < 1.29 is 14.0 Å². The van der Waals surface area contributed by atoms with Gasteiger partial charge < -0.3 is 31.5 Å². The van der Waals surface area contributed by atoms with Crippen molar-refractivity contribution in [2.45, 2.75) is 31.3 Å². The predicted octanol–water partition coefficient (Wildman–Crippen LogP) is 1.07. The smallest absolute Gasteiger partial charge is 0.229 e. The molecule has 0 spiro atoms. The fourth-order valence-corrected chi connectivity index (χ4v) is 6.54. The highest BCUT2D eigenvalue weighted by molar-refractivity contribution is 5.83. The van der Waals surface area contributed by atoms with Crippen LogP contribution in [0.25, 0.3) is 0 Å². The minimum atomic E-state index is -0.606. The van der Waals surface area contributed by atoms with E-state index in [2.05, 4.69) is 42.8 Å². The Balaban J connectivity index is 1.38. The lowest BCUT2D eigenvalue weighted by atomic mass is 9.81. The van der Waals surface area contributed by atoms with Gasteiger partial charge in [-0.25, -0.2) is 9.37 Å². The number of piperazine rings is 1. The van der Waals surface area contributed by atoms with Crippen LogP contribution in [0.5, 0.6) is 0 Å². The molecule has 6 bridgehead atoms. The summed E-state index contributed by atoms with van der Waals surface area (Å²) >= 11 is 0. The lowest BCUT2D eigenvalue weighted by molar-refractivity contribution is -0.123. The number of benzene rings is 1. The van der Waals surface area contributed by atoms with E-state index in [9.17, 15) is 14.0 Å². The SMILES string of the molecule is CN1CCN(c2ccc3cc2CC(=O)NC2CC4CC2C(Nc2nc(ncc2F)N3)C4C(N)=O)CC1. The normalized spacial score (nSPS) is 29.7. The molecule has 2 saturated carbocycles. The summed E-state index contributed by atoms with van der Waals surface area (Å²) in [5.74, 6) is -1.29. The molecule has 5 N–H and O–H groups in total. The molecule has 0 radical (unpaired) electrons. The Hall–Kier alpha value is -3.47. The fraction of sp³-hybridized carbons (Fsp3) is 0.520. The molecule has 11 heteroatoms. The Morgan fingerprint density at radius 3 is 2.75 bits per heavy atom. The molecule has 10 nitrogen and oxygen atoms in total. The number of carbonyl (C=O) groups is 2. The van der Waals surface area contributed by atoms with Gasteiger partial charge >= 0.3 is 0 Å². The van der Waals surface area contributed by atoms with Crippen molar-refractivity contribution in [1.82, 2.24) is 20.2 Å². The number of hydrogen-bond acceptors (Lipinski definition) is 8. The first-order valence-corrected chi connectivity index (χ1v) is 12.6. The summed E-state index contributed by atoms with van der Waals surface area (Å²) in [5.41, 5.74) is 8.41. The fourth-order valence-electron chi connectivity index (χ4n) is 6.54. The summed E-state index contributed by atoms with van der Waals surface area (Å²) in [6.45, 7) is 3.68. The molecule has 2 aromatic rings. The largest absolute Gasteiger partial charge is 0.369 e. The van der Waals surface area contributed by atoms with Crippen LogP contribution in [0, 0.1) is 23.6 Å². The van der Waals surface area contributed by atoms with Crippen LogP contribution in [-0.4, -0.2) is 72.0 Å². The number of anilines is 4. The summed E-state index contributed by atoms with van der Waals surface area (Å²) in [6, 6.07) is 5.37. The van der Waals surface area contributed by atoms with Crippen LogP contribution in [0.15, 0.2) is 24.4 Å². The van der Waals surface area contributed by atoms with Crippen molar-refractivity contribution in [1.29, 1.82) is 0 Å². The number of hydrogen-bond donors (Lipinski definition) is 4. The molecule has 5 unspecified atom stereocenters. The van der Waals surface area contributed by atoms with Gasteiger partial charge in [-0.15, -0.1) is 0 Å². The van der Waals surface area contributed by atoms with Gasteiger partial charge in [-0.3, -0.25) is 9.59 Å². The molecule has 3 fully saturated rings. The van der Waals surface area contributed by atoms with Crippen molar-refractivity contribution in [2.75, 3.05) is 48.8 Å². The van der Waals surface area contributed by atoms with E-state index in [0.29, 0.717) is 12.1 Å². The van der Waals surface area contributed by atoms with E-state index in [0.717, 1.165) is 50.0 Å². The first-order valence-electron chi connectivity index (χ1n) is 12.6. The van der Waals surface area contributed by atoms with Gasteiger partial charge in [0.15, 0.2) is 11.6 Å². The number of likely N-dealkylation sites (N-methyl/N-ethyl adjacent to an activating group) is 1. The summed E-state index contributed by atoms with van der Waals surface area (Å²) in [5, 5.41) is 9.51. The number of carbonyl (C=O) groups excluding carboxylic acids is 2. The molecule has 2 amide bonds. The van der Waals surface area contributed by atoms with Gasteiger partial charge in [0.05, 0.1) is 18.5 Å². The van der Waals surface area contributed by atoms with Crippen LogP contribution >= 0.6 is 0 Å². The van der Waals surface area contributed by atoms with Gasteiger partial charge in [-0.1, -0.05) is 0 Å². The van der Waals surface area contributed by atoms with E-state index in [-0.39, 0.29) is 42.0 Å². The maximum atomic E-state index is 14.7. The standard InChI is InChI=1S/C25H31FN8O2/c1-33-4-6-34(7-5-33)19-3-2-15-8-13(19)11-20(35)30-18-10-14-9-16(18)22(21(14)23(27)36)31-24-17(26)12-28-25(29-15)32-24/h2-3,8,12,14,16,18,21-22H,4-7,9-11H2,1H3,(H2,27,36)(H,30,35)(H2,28,29,31,32). The van der Waals surface area contributed by atoms with Crippen LogP contribution < -0.4 is 26.6 Å². The first-order chi connectivity index (χ1) is 17.4. The first kappa shape index (κ1) is 23.0. The summed E-state index contributed by atoms with van der Waals surface area (Å²) in [6.07, 6.45) is 2.79. The number of amides is 2. The molecule has 2 aliphatic carbocycles. The number of halogens is 1. The van der Waals surface area contributed by atoms with E-state index >= 15 is 0 Å². The number of nitrogens with two attached hydrogens (primary N) is 1.